The van der Waals surface area contributed by atoms with E-state index in [2.05, 4.69) is 36.3 Å². The van der Waals surface area contributed by atoms with Gasteiger partial charge in [0, 0.05) is 12.1 Å². The molecule has 0 aliphatic heterocycles. The lowest BCUT2D eigenvalue weighted by Crippen LogP contribution is -2.07. The van der Waals surface area contributed by atoms with Gasteiger partial charge in [-0.1, -0.05) is 48.0 Å². The molecule has 0 amide bonds. The van der Waals surface area contributed by atoms with Crippen LogP contribution < -0.4 is 5.73 Å². The molecular formula is C17H17N3. The summed E-state index contributed by atoms with van der Waals surface area (Å²) >= 11 is 0. The number of rotatable bonds is 3. The van der Waals surface area contributed by atoms with Gasteiger partial charge in [-0.25, -0.2) is 4.68 Å². The van der Waals surface area contributed by atoms with E-state index in [9.17, 15) is 0 Å². The van der Waals surface area contributed by atoms with Crippen LogP contribution in [0, 0.1) is 6.92 Å². The lowest BCUT2D eigenvalue weighted by Gasteiger charge is -2.08. The van der Waals surface area contributed by atoms with Crippen LogP contribution in [-0.2, 0) is 6.54 Å². The van der Waals surface area contributed by atoms with Crippen LogP contribution in [0.15, 0.2) is 60.8 Å². The van der Waals surface area contributed by atoms with E-state index in [0.717, 1.165) is 22.5 Å². The first-order valence-electron chi connectivity index (χ1n) is 6.69. The molecule has 0 saturated carbocycles. The van der Waals surface area contributed by atoms with Gasteiger partial charge >= 0.3 is 0 Å². The van der Waals surface area contributed by atoms with Crippen molar-refractivity contribution in [2.75, 3.05) is 0 Å². The van der Waals surface area contributed by atoms with Crippen molar-refractivity contribution in [3.63, 3.8) is 0 Å². The lowest BCUT2D eigenvalue weighted by atomic mass is 10.0. The molecule has 3 aromatic rings. The number of para-hydroxylation sites is 1. The van der Waals surface area contributed by atoms with Crippen molar-refractivity contribution in [1.29, 1.82) is 0 Å². The van der Waals surface area contributed by atoms with Crippen molar-refractivity contribution in [3.05, 3.63) is 72.1 Å². The summed E-state index contributed by atoms with van der Waals surface area (Å²) in [5.41, 5.74) is 11.5. The van der Waals surface area contributed by atoms with E-state index in [0.29, 0.717) is 6.54 Å². The molecule has 0 radical (unpaired) electrons. The minimum Gasteiger partial charge on any atom is -0.325 e. The summed E-state index contributed by atoms with van der Waals surface area (Å²) < 4.78 is 1.91. The Bertz CT molecular complexity index is 697. The van der Waals surface area contributed by atoms with E-state index in [4.69, 9.17) is 5.73 Å². The van der Waals surface area contributed by atoms with Crippen LogP contribution in [-0.4, -0.2) is 9.78 Å². The zero-order valence-electron chi connectivity index (χ0n) is 11.5. The number of nitrogens with two attached hydrogens (primary N) is 1. The second-order valence-electron chi connectivity index (χ2n) is 4.82. The second kappa shape index (κ2) is 5.31. The van der Waals surface area contributed by atoms with Crippen LogP contribution in [0.5, 0.6) is 0 Å². The third-order valence-corrected chi connectivity index (χ3v) is 3.43. The predicted molar refractivity (Wildman–Crippen MR) is 81.6 cm³/mol. The molecule has 1 heterocycles. The Labute approximate surface area is 118 Å². The average Bonchev–Trinajstić information content (AvgIpc) is 2.93. The molecule has 0 saturated heterocycles. The molecule has 0 bridgehead atoms. The predicted octanol–water partition coefficient (Wildman–Crippen LogP) is 3.31. The van der Waals surface area contributed by atoms with Crippen LogP contribution in [0.3, 0.4) is 0 Å². The summed E-state index contributed by atoms with van der Waals surface area (Å²) in [5.74, 6) is 0. The zero-order chi connectivity index (χ0) is 13.9. The van der Waals surface area contributed by atoms with E-state index in [1.165, 1.54) is 5.56 Å². The van der Waals surface area contributed by atoms with Gasteiger partial charge in [0.2, 0.25) is 0 Å². The maximum absolute atomic E-state index is 5.94. The molecule has 0 spiro atoms. The summed E-state index contributed by atoms with van der Waals surface area (Å²) in [7, 11) is 0. The molecule has 100 valence electrons. The fourth-order valence-electron chi connectivity index (χ4n) is 2.34. The Balaban J connectivity index is 2.10. The normalized spacial score (nSPS) is 10.7. The van der Waals surface area contributed by atoms with E-state index < -0.39 is 0 Å². The van der Waals surface area contributed by atoms with Crippen LogP contribution in [0.1, 0.15) is 11.3 Å². The number of aryl methyl sites for hydroxylation is 1. The average molecular weight is 263 g/mol. The highest BCUT2D eigenvalue weighted by Crippen LogP contribution is 2.25. The number of hydrogen-bond donors (Lipinski definition) is 1. The molecule has 1 aromatic heterocycles. The van der Waals surface area contributed by atoms with Crippen molar-refractivity contribution >= 4 is 0 Å². The Hall–Kier alpha value is -2.39. The van der Waals surface area contributed by atoms with Gasteiger partial charge in [0.15, 0.2) is 0 Å². The summed E-state index contributed by atoms with van der Waals surface area (Å²) in [6.45, 7) is 2.54. The summed E-state index contributed by atoms with van der Waals surface area (Å²) in [5, 5.41) is 4.49. The maximum Gasteiger partial charge on any atom is 0.0656 e. The first kappa shape index (κ1) is 12.6. The first-order valence-corrected chi connectivity index (χ1v) is 6.69. The van der Waals surface area contributed by atoms with Crippen molar-refractivity contribution < 1.29 is 0 Å². The summed E-state index contributed by atoms with van der Waals surface area (Å²) in [6, 6.07) is 18.5. The Morgan fingerprint density at radius 2 is 1.70 bits per heavy atom. The van der Waals surface area contributed by atoms with Gasteiger partial charge in [-0.3, -0.25) is 0 Å². The SMILES string of the molecule is Cc1ccc(-c2cnn(-c3ccccc3)c2CN)cc1. The number of aromatic nitrogens is 2. The van der Waals surface area contributed by atoms with Gasteiger partial charge in [-0.05, 0) is 24.6 Å². The Kier molecular flexibility index (Phi) is 3.35. The second-order valence-corrected chi connectivity index (χ2v) is 4.82. The molecule has 0 aliphatic rings. The minimum absolute atomic E-state index is 0.456. The minimum atomic E-state index is 0.456. The van der Waals surface area contributed by atoms with Crippen LogP contribution in [0.2, 0.25) is 0 Å². The van der Waals surface area contributed by atoms with Gasteiger partial charge in [-0.2, -0.15) is 5.10 Å². The van der Waals surface area contributed by atoms with E-state index >= 15 is 0 Å². The van der Waals surface area contributed by atoms with Gasteiger partial charge in [-0.15, -0.1) is 0 Å². The fraction of sp³-hybridized carbons (Fsp3) is 0.118. The van der Waals surface area contributed by atoms with Crippen molar-refractivity contribution in [2.24, 2.45) is 5.73 Å². The van der Waals surface area contributed by atoms with E-state index in [-0.39, 0.29) is 0 Å². The molecule has 20 heavy (non-hydrogen) atoms. The van der Waals surface area contributed by atoms with Crippen LogP contribution >= 0.6 is 0 Å². The molecule has 2 aromatic carbocycles. The molecule has 2 N–H and O–H groups in total. The molecule has 0 atom stereocenters. The topological polar surface area (TPSA) is 43.8 Å². The highest BCUT2D eigenvalue weighted by molar-refractivity contribution is 5.66. The zero-order valence-corrected chi connectivity index (χ0v) is 11.5. The van der Waals surface area contributed by atoms with Gasteiger partial charge in [0.25, 0.3) is 0 Å². The molecule has 0 fully saturated rings. The highest BCUT2D eigenvalue weighted by atomic mass is 15.3. The monoisotopic (exact) mass is 263 g/mol. The first-order chi connectivity index (χ1) is 9.79. The Morgan fingerprint density at radius 1 is 1.00 bits per heavy atom. The molecule has 0 aliphatic carbocycles. The van der Waals surface area contributed by atoms with Crippen molar-refractivity contribution in [3.8, 4) is 16.8 Å². The maximum atomic E-state index is 5.94. The largest absolute Gasteiger partial charge is 0.325 e. The highest BCUT2D eigenvalue weighted by Gasteiger charge is 2.12. The molecule has 3 nitrogen and oxygen atoms in total. The Morgan fingerprint density at radius 3 is 2.35 bits per heavy atom. The van der Waals surface area contributed by atoms with E-state index in [1.807, 2.05) is 41.2 Å². The summed E-state index contributed by atoms with van der Waals surface area (Å²) in [6.07, 6.45) is 1.89. The van der Waals surface area contributed by atoms with Gasteiger partial charge in [0.1, 0.15) is 0 Å². The quantitative estimate of drug-likeness (QED) is 0.788. The number of benzene rings is 2. The van der Waals surface area contributed by atoms with E-state index in [1.54, 1.807) is 0 Å². The number of hydrogen-bond acceptors (Lipinski definition) is 2. The number of nitrogens with zero attached hydrogens (tertiary/aromatic N) is 2. The fourth-order valence-corrected chi connectivity index (χ4v) is 2.34. The molecule has 3 heteroatoms. The molecule has 0 unspecified atom stereocenters. The van der Waals surface area contributed by atoms with Gasteiger partial charge < -0.3 is 5.73 Å². The van der Waals surface area contributed by atoms with Crippen molar-refractivity contribution in [1.82, 2.24) is 9.78 Å². The lowest BCUT2D eigenvalue weighted by molar-refractivity contribution is 0.804. The van der Waals surface area contributed by atoms with Crippen LogP contribution in [0.25, 0.3) is 16.8 Å². The summed E-state index contributed by atoms with van der Waals surface area (Å²) in [4.78, 5) is 0. The third kappa shape index (κ3) is 2.24. The van der Waals surface area contributed by atoms with Crippen LogP contribution in [0.4, 0.5) is 0 Å². The smallest absolute Gasteiger partial charge is 0.0656 e. The van der Waals surface area contributed by atoms with Gasteiger partial charge in [0.05, 0.1) is 17.6 Å². The molecular weight excluding hydrogens is 246 g/mol. The van der Waals surface area contributed by atoms with Crippen molar-refractivity contribution in [2.45, 2.75) is 13.5 Å². The third-order valence-electron chi connectivity index (χ3n) is 3.43. The standard InChI is InChI=1S/C17H17N3/c1-13-7-9-14(10-8-13)16-12-19-20(17(16)11-18)15-5-3-2-4-6-15/h2-10,12H,11,18H2,1H3. The molecule has 3 rings (SSSR count).